The molecule has 0 aliphatic heterocycles. The van der Waals surface area contributed by atoms with Crippen LogP contribution in [0.3, 0.4) is 0 Å². The first-order chi connectivity index (χ1) is 8.69. The molecule has 18 heavy (non-hydrogen) atoms. The molecule has 1 N–H and O–H groups in total. The van der Waals surface area contributed by atoms with E-state index in [0.717, 1.165) is 11.8 Å². The summed E-state index contributed by atoms with van der Waals surface area (Å²) in [6.07, 6.45) is 0.769. The van der Waals surface area contributed by atoms with Gasteiger partial charge in [0.15, 0.2) is 0 Å². The van der Waals surface area contributed by atoms with Gasteiger partial charge in [-0.3, -0.25) is 9.59 Å². The predicted octanol–water partition coefficient (Wildman–Crippen LogP) is 3.06. The highest BCUT2D eigenvalue weighted by Gasteiger charge is 2.05. The number of rotatable bonds is 3. The molecular formula is C15H13NO2. The van der Waals surface area contributed by atoms with Crippen LogP contribution in [0, 0.1) is 6.92 Å². The lowest BCUT2D eigenvalue weighted by Crippen LogP contribution is -2.11. The minimum absolute atomic E-state index is 0.158. The molecule has 1 amide bonds. The van der Waals surface area contributed by atoms with Gasteiger partial charge in [0, 0.05) is 16.8 Å². The molecule has 0 fully saturated rings. The fourth-order valence-corrected chi connectivity index (χ4v) is 1.55. The van der Waals surface area contributed by atoms with Crippen LogP contribution >= 0.6 is 0 Å². The fourth-order valence-electron chi connectivity index (χ4n) is 1.55. The van der Waals surface area contributed by atoms with Crippen LogP contribution in [0.25, 0.3) is 0 Å². The summed E-state index contributed by atoms with van der Waals surface area (Å²) in [5, 5.41) is 2.77. The number of aryl methyl sites for hydroxylation is 1. The van der Waals surface area contributed by atoms with E-state index in [2.05, 4.69) is 5.32 Å². The quantitative estimate of drug-likeness (QED) is 0.837. The summed E-state index contributed by atoms with van der Waals surface area (Å²) in [7, 11) is 0. The predicted molar refractivity (Wildman–Crippen MR) is 71.0 cm³/mol. The van der Waals surface area contributed by atoms with Crippen LogP contribution < -0.4 is 5.32 Å². The minimum atomic E-state index is -0.158. The first-order valence-electron chi connectivity index (χ1n) is 5.62. The Hall–Kier alpha value is -2.42. The third-order valence-electron chi connectivity index (χ3n) is 2.62. The summed E-state index contributed by atoms with van der Waals surface area (Å²) in [4.78, 5) is 22.4. The van der Waals surface area contributed by atoms with Gasteiger partial charge in [-0.15, -0.1) is 0 Å². The Morgan fingerprint density at radius 3 is 2.17 bits per heavy atom. The lowest BCUT2D eigenvalue weighted by atomic mass is 10.1. The van der Waals surface area contributed by atoms with Crippen molar-refractivity contribution in [3.05, 3.63) is 65.2 Å². The molecule has 0 saturated carbocycles. The Bertz CT molecular complexity index is 556. The highest BCUT2D eigenvalue weighted by atomic mass is 16.1. The van der Waals surface area contributed by atoms with Gasteiger partial charge in [-0.25, -0.2) is 0 Å². The van der Waals surface area contributed by atoms with E-state index in [1.807, 2.05) is 19.1 Å². The molecule has 0 heterocycles. The Morgan fingerprint density at radius 1 is 1.00 bits per heavy atom. The van der Waals surface area contributed by atoms with Crippen LogP contribution in [0.2, 0.25) is 0 Å². The molecule has 0 spiro atoms. The summed E-state index contributed by atoms with van der Waals surface area (Å²) in [6.45, 7) is 1.97. The second kappa shape index (κ2) is 5.27. The number of anilines is 1. The molecule has 0 aromatic heterocycles. The molecule has 2 aromatic rings. The van der Waals surface area contributed by atoms with Crippen molar-refractivity contribution in [2.75, 3.05) is 5.32 Å². The number of hydrogen-bond acceptors (Lipinski definition) is 2. The van der Waals surface area contributed by atoms with E-state index in [4.69, 9.17) is 0 Å². The third kappa shape index (κ3) is 2.83. The van der Waals surface area contributed by atoms with Crippen LogP contribution in [-0.2, 0) is 0 Å². The van der Waals surface area contributed by atoms with Gasteiger partial charge >= 0.3 is 0 Å². The van der Waals surface area contributed by atoms with Crippen LogP contribution in [0.4, 0.5) is 5.69 Å². The highest BCUT2D eigenvalue weighted by Crippen LogP contribution is 2.11. The number of aldehydes is 1. The second-order valence-electron chi connectivity index (χ2n) is 4.06. The number of nitrogens with one attached hydrogen (secondary N) is 1. The maximum atomic E-state index is 11.9. The standard InChI is InChI=1S/C15H13NO2/c1-11-2-6-13(7-3-11)15(18)16-14-8-4-12(10-17)5-9-14/h2-10H,1H3,(H,16,18). The largest absolute Gasteiger partial charge is 0.322 e. The van der Waals surface area contributed by atoms with Crippen molar-refractivity contribution in [1.82, 2.24) is 0 Å². The van der Waals surface area contributed by atoms with Crippen LogP contribution in [0.5, 0.6) is 0 Å². The van der Waals surface area contributed by atoms with Crippen molar-refractivity contribution in [1.29, 1.82) is 0 Å². The van der Waals surface area contributed by atoms with Crippen LogP contribution in [0.15, 0.2) is 48.5 Å². The van der Waals surface area contributed by atoms with E-state index >= 15 is 0 Å². The molecule has 0 saturated heterocycles. The average Bonchev–Trinajstić information content (AvgIpc) is 2.40. The van der Waals surface area contributed by atoms with Gasteiger partial charge in [0.25, 0.3) is 5.91 Å². The molecular weight excluding hydrogens is 226 g/mol. The van der Waals surface area contributed by atoms with Crippen molar-refractivity contribution in [3.63, 3.8) is 0 Å². The zero-order chi connectivity index (χ0) is 13.0. The molecule has 3 nitrogen and oxygen atoms in total. The van der Waals surface area contributed by atoms with Crippen molar-refractivity contribution < 1.29 is 9.59 Å². The number of carbonyl (C=O) groups is 2. The van der Waals surface area contributed by atoms with Crippen LogP contribution in [0.1, 0.15) is 26.3 Å². The second-order valence-corrected chi connectivity index (χ2v) is 4.06. The van der Waals surface area contributed by atoms with Crippen molar-refractivity contribution in [2.45, 2.75) is 6.92 Å². The van der Waals surface area contributed by atoms with E-state index in [0.29, 0.717) is 16.8 Å². The first kappa shape index (κ1) is 12.0. The average molecular weight is 239 g/mol. The molecule has 0 aliphatic rings. The maximum absolute atomic E-state index is 11.9. The van der Waals surface area contributed by atoms with E-state index in [1.165, 1.54) is 0 Å². The zero-order valence-corrected chi connectivity index (χ0v) is 10.0. The Labute approximate surface area is 105 Å². The van der Waals surface area contributed by atoms with E-state index in [1.54, 1.807) is 36.4 Å². The monoisotopic (exact) mass is 239 g/mol. The van der Waals surface area contributed by atoms with Gasteiger partial charge in [0.05, 0.1) is 0 Å². The van der Waals surface area contributed by atoms with Crippen LogP contribution in [-0.4, -0.2) is 12.2 Å². The van der Waals surface area contributed by atoms with Gasteiger partial charge in [0.2, 0.25) is 0 Å². The zero-order valence-electron chi connectivity index (χ0n) is 10.0. The first-order valence-corrected chi connectivity index (χ1v) is 5.62. The van der Waals surface area contributed by atoms with E-state index in [-0.39, 0.29) is 5.91 Å². The Balaban J connectivity index is 2.10. The van der Waals surface area contributed by atoms with Gasteiger partial charge < -0.3 is 5.32 Å². The SMILES string of the molecule is Cc1ccc(C(=O)Nc2ccc(C=O)cc2)cc1. The van der Waals surface area contributed by atoms with Gasteiger partial charge in [-0.2, -0.15) is 0 Å². The normalized spacial score (nSPS) is 9.83. The van der Waals surface area contributed by atoms with E-state index < -0.39 is 0 Å². The van der Waals surface area contributed by atoms with E-state index in [9.17, 15) is 9.59 Å². The molecule has 3 heteroatoms. The van der Waals surface area contributed by atoms with Crippen molar-refractivity contribution in [3.8, 4) is 0 Å². The maximum Gasteiger partial charge on any atom is 0.255 e. The molecule has 0 aliphatic carbocycles. The highest BCUT2D eigenvalue weighted by molar-refractivity contribution is 6.04. The number of benzene rings is 2. The lowest BCUT2D eigenvalue weighted by Gasteiger charge is -2.05. The summed E-state index contributed by atoms with van der Waals surface area (Å²) >= 11 is 0. The summed E-state index contributed by atoms with van der Waals surface area (Å²) in [6, 6.07) is 14.1. The fraction of sp³-hybridized carbons (Fsp3) is 0.0667. The summed E-state index contributed by atoms with van der Waals surface area (Å²) in [5.41, 5.74) is 2.98. The number of amides is 1. The summed E-state index contributed by atoms with van der Waals surface area (Å²) < 4.78 is 0. The number of carbonyl (C=O) groups excluding carboxylic acids is 2. The Kier molecular flexibility index (Phi) is 3.53. The molecule has 2 aromatic carbocycles. The molecule has 2 rings (SSSR count). The van der Waals surface area contributed by atoms with Crippen molar-refractivity contribution in [2.24, 2.45) is 0 Å². The topological polar surface area (TPSA) is 46.2 Å². The smallest absolute Gasteiger partial charge is 0.255 e. The summed E-state index contributed by atoms with van der Waals surface area (Å²) in [5.74, 6) is -0.158. The van der Waals surface area contributed by atoms with Crippen molar-refractivity contribution >= 4 is 17.9 Å². The molecule has 90 valence electrons. The number of hydrogen-bond donors (Lipinski definition) is 1. The molecule has 0 radical (unpaired) electrons. The third-order valence-corrected chi connectivity index (χ3v) is 2.62. The molecule has 0 atom stereocenters. The molecule has 0 unspecified atom stereocenters. The van der Waals surface area contributed by atoms with Gasteiger partial charge in [-0.05, 0) is 43.3 Å². The van der Waals surface area contributed by atoms with Gasteiger partial charge in [0.1, 0.15) is 6.29 Å². The molecule has 0 bridgehead atoms. The lowest BCUT2D eigenvalue weighted by molar-refractivity contribution is 0.102. The minimum Gasteiger partial charge on any atom is -0.322 e. The Morgan fingerprint density at radius 2 is 1.61 bits per heavy atom. The van der Waals surface area contributed by atoms with Gasteiger partial charge in [-0.1, -0.05) is 17.7 Å².